The van der Waals surface area contributed by atoms with Crippen LogP contribution in [0, 0.1) is 0 Å². The smallest absolute Gasteiger partial charge is 0.306 e. The molecule has 11 heteroatoms. The van der Waals surface area contributed by atoms with Crippen molar-refractivity contribution in [1.29, 1.82) is 0 Å². The number of carbonyl (C=O) groups is 5. The number of carbonyl (C=O) groups excluding carboxylic acids is 5. The summed E-state index contributed by atoms with van der Waals surface area (Å²) in [6.07, 6.45) is 77.9. The third-order valence-corrected chi connectivity index (χ3v) is 16.4. The first-order chi connectivity index (χ1) is 43.7. The Bertz CT molecular complexity index is 1730. The van der Waals surface area contributed by atoms with Crippen LogP contribution in [0.4, 0.5) is 0 Å². The summed E-state index contributed by atoms with van der Waals surface area (Å²) in [7, 11) is 0. The molecule has 89 heavy (non-hydrogen) atoms. The Hall–Kier alpha value is -3.99. The van der Waals surface area contributed by atoms with Crippen molar-refractivity contribution >= 4 is 29.8 Å². The SMILES string of the molecule is CCCCCC=CCC=CCCCCCCCC(=O)OC(CO)COC(=O)CCCCCCCC=CCCCCCCCC(=O)OCC(COC(=O)CCCCCCCCCCCCCCCCC)OC(=O)CCCCCCCC=CCC=CCCCCC. The van der Waals surface area contributed by atoms with Crippen LogP contribution in [-0.2, 0) is 47.7 Å². The molecule has 0 aliphatic rings. The number of aliphatic hydroxyl groups is 1. The van der Waals surface area contributed by atoms with Crippen molar-refractivity contribution in [3.63, 3.8) is 0 Å². The molecule has 0 rings (SSSR count). The zero-order valence-electron chi connectivity index (χ0n) is 58.0. The van der Waals surface area contributed by atoms with Gasteiger partial charge in [-0.3, -0.25) is 24.0 Å². The largest absolute Gasteiger partial charge is 0.462 e. The summed E-state index contributed by atoms with van der Waals surface area (Å²) in [6.45, 7) is 6.02. The maximum Gasteiger partial charge on any atom is 0.306 e. The van der Waals surface area contributed by atoms with Crippen LogP contribution in [0.5, 0.6) is 0 Å². The van der Waals surface area contributed by atoms with Crippen molar-refractivity contribution in [2.75, 3.05) is 26.4 Å². The van der Waals surface area contributed by atoms with Crippen molar-refractivity contribution in [1.82, 2.24) is 0 Å². The van der Waals surface area contributed by atoms with Gasteiger partial charge in [0.15, 0.2) is 12.2 Å². The van der Waals surface area contributed by atoms with Gasteiger partial charge in [-0.15, -0.1) is 0 Å². The second-order valence-corrected chi connectivity index (χ2v) is 25.2. The summed E-state index contributed by atoms with van der Waals surface area (Å²) >= 11 is 0. The van der Waals surface area contributed by atoms with E-state index in [1.54, 1.807) is 0 Å². The molecule has 0 amide bonds. The minimum absolute atomic E-state index is 0.109. The molecule has 0 aliphatic carbocycles. The molecule has 0 radical (unpaired) electrons. The highest BCUT2D eigenvalue weighted by Crippen LogP contribution is 2.17. The van der Waals surface area contributed by atoms with E-state index in [4.69, 9.17) is 23.7 Å². The molecule has 0 saturated carbocycles. The molecule has 0 aromatic heterocycles. The highest BCUT2D eigenvalue weighted by Gasteiger charge is 2.20. The van der Waals surface area contributed by atoms with Crippen molar-refractivity contribution in [2.45, 2.75) is 380 Å². The fourth-order valence-electron chi connectivity index (χ4n) is 10.7. The van der Waals surface area contributed by atoms with E-state index in [1.165, 1.54) is 128 Å². The Balaban J connectivity index is 4.27. The molecule has 516 valence electrons. The van der Waals surface area contributed by atoms with Crippen LogP contribution in [0.1, 0.15) is 367 Å². The first kappa shape index (κ1) is 85.0. The molecule has 1 N–H and O–H groups in total. The van der Waals surface area contributed by atoms with Crippen LogP contribution in [0.3, 0.4) is 0 Å². The van der Waals surface area contributed by atoms with E-state index in [2.05, 4.69) is 81.5 Å². The van der Waals surface area contributed by atoms with Crippen LogP contribution < -0.4 is 0 Å². The summed E-state index contributed by atoms with van der Waals surface area (Å²) in [6, 6.07) is 0. The lowest BCUT2D eigenvalue weighted by atomic mass is 10.0. The lowest BCUT2D eigenvalue weighted by Gasteiger charge is -2.18. The normalized spacial score (nSPS) is 12.5. The molecule has 0 aromatic rings. The van der Waals surface area contributed by atoms with E-state index in [0.717, 1.165) is 186 Å². The predicted molar refractivity (Wildman–Crippen MR) is 372 cm³/mol. The van der Waals surface area contributed by atoms with Gasteiger partial charge < -0.3 is 28.8 Å². The standard InChI is InChI=1S/C78H138O11/c1-4-7-10-13-16-19-22-25-28-33-38-44-49-54-59-64-75(81)86-70-73(89-78(84)67-62-57-52-47-42-37-30-27-24-21-18-15-12-9-6-3)71-87-76(82)65-60-55-50-45-40-35-32-31-34-39-43-48-53-58-63-74(80)85-69-72(68-79)88-77(83)66-61-56-51-46-41-36-29-26-23-20-17-14-11-8-5-2/h17-18,20-21,26-27,29-32,72-73,79H,4-16,19,22-25,28,33-71H2,1-3H3. The molecule has 2 atom stereocenters. The fourth-order valence-corrected chi connectivity index (χ4v) is 10.7. The number of ether oxygens (including phenoxy) is 5. The average molecular weight is 1250 g/mol. The summed E-state index contributed by atoms with van der Waals surface area (Å²) in [4.78, 5) is 63.0. The van der Waals surface area contributed by atoms with Crippen molar-refractivity contribution in [3.8, 4) is 0 Å². The first-order valence-corrected chi connectivity index (χ1v) is 37.5. The Morgan fingerprint density at radius 3 is 0.742 bits per heavy atom. The van der Waals surface area contributed by atoms with Gasteiger partial charge in [-0.25, -0.2) is 0 Å². The van der Waals surface area contributed by atoms with E-state index < -0.39 is 12.2 Å². The summed E-state index contributed by atoms with van der Waals surface area (Å²) < 4.78 is 27.6. The lowest BCUT2D eigenvalue weighted by Crippen LogP contribution is -2.30. The minimum Gasteiger partial charge on any atom is -0.462 e. The van der Waals surface area contributed by atoms with Gasteiger partial charge in [-0.1, -0.05) is 274 Å². The van der Waals surface area contributed by atoms with Gasteiger partial charge in [0, 0.05) is 32.1 Å². The average Bonchev–Trinajstić information content (AvgIpc) is 3.57. The molecule has 11 nitrogen and oxygen atoms in total. The number of esters is 5. The Morgan fingerprint density at radius 1 is 0.258 bits per heavy atom. The van der Waals surface area contributed by atoms with Crippen molar-refractivity contribution < 1.29 is 52.8 Å². The van der Waals surface area contributed by atoms with Crippen LogP contribution in [0.25, 0.3) is 0 Å². The molecule has 0 bridgehead atoms. The highest BCUT2D eigenvalue weighted by atomic mass is 16.6. The monoisotopic (exact) mass is 1250 g/mol. The predicted octanol–water partition coefficient (Wildman–Crippen LogP) is 22.3. The van der Waals surface area contributed by atoms with E-state index in [-0.39, 0.29) is 62.7 Å². The molecule has 0 saturated heterocycles. The van der Waals surface area contributed by atoms with Crippen LogP contribution >= 0.6 is 0 Å². The minimum atomic E-state index is -0.825. The van der Waals surface area contributed by atoms with E-state index >= 15 is 0 Å². The van der Waals surface area contributed by atoms with E-state index in [9.17, 15) is 29.1 Å². The Labute approximate surface area is 547 Å². The van der Waals surface area contributed by atoms with Crippen molar-refractivity contribution in [2.24, 2.45) is 0 Å². The number of rotatable bonds is 69. The van der Waals surface area contributed by atoms with Gasteiger partial charge >= 0.3 is 29.8 Å². The highest BCUT2D eigenvalue weighted by molar-refractivity contribution is 5.71. The lowest BCUT2D eigenvalue weighted by molar-refractivity contribution is -0.167. The number of unbranched alkanes of at least 4 members (excludes halogenated alkanes) is 40. The summed E-state index contributed by atoms with van der Waals surface area (Å²) in [5.41, 5.74) is 0. The number of allylic oxidation sites excluding steroid dienone is 10. The van der Waals surface area contributed by atoms with Crippen molar-refractivity contribution in [3.05, 3.63) is 60.8 Å². The first-order valence-electron chi connectivity index (χ1n) is 37.5. The maximum atomic E-state index is 12.9. The van der Waals surface area contributed by atoms with E-state index in [1.807, 2.05) is 0 Å². The molecule has 0 aliphatic heterocycles. The third kappa shape index (κ3) is 68.2. The zero-order chi connectivity index (χ0) is 64.7. The van der Waals surface area contributed by atoms with Gasteiger partial charge in [-0.2, -0.15) is 0 Å². The fraction of sp³-hybridized carbons (Fsp3) is 0.808. The number of aliphatic hydroxyl groups excluding tert-OH is 1. The van der Waals surface area contributed by atoms with Gasteiger partial charge in [0.25, 0.3) is 0 Å². The second kappa shape index (κ2) is 71.5. The molecular weight excluding hydrogens is 1110 g/mol. The molecule has 0 aromatic carbocycles. The molecule has 2 unspecified atom stereocenters. The summed E-state index contributed by atoms with van der Waals surface area (Å²) in [5.74, 6) is -1.65. The number of hydrogen-bond donors (Lipinski definition) is 1. The molecule has 0 heterocycles. The molecular formula is C78H138O11. The van der Waals surface area contributed by atoms with Gasteiger partial charge in [0.1, 0.15) is 19.8 Å². The second-order valence-electron chi connectivity index (χ2n) is 25.2. The molecule has 0 fully saturated rings. The maximum absolute atomic E-state index is 12.9. The quantitative estimate of drug-likeness (QED) is 0.0268. The third-order valence-electron chi connectivity index (χ3n) is 16.4. The number of hydrogen-bond acceptors (Lipinski definition) is 11. The van der Waals surface area contributed by atoms with Crippen LogP contribution in [0.2, 0.25) is 0 Å². The Kier molecular flexibility index (Phi) is 68.2. The zero-order valence-corrected chi connectivity index (χ0v) is 58.0. The van der Waals surface area contributed by atoms with Gasteiger partial charge in [-0.05, 0) is 122 Å². The molecule has 0 spiro atoms. The topological polar surface area (TPSA) is 152 Å². The van der Waals surface area contributed by atoms with Crippen LogP contribution in [0.15, 0.2) is 60.8 Å². The van der Waals surface area contributed by atoms with Crippen LogP contribution in [-0.4, -0.2) is 73.6 Å². The van der Waals surface area contributed by atoms with Gasteiger partial charge in [0.05, 0.1) is 6.61 Å². The van der Waals surface area contributed by atoms with E-state index in [0.29, 0.717) is 25.7 Å². The van der Waals surface area contributed by atoms with Gasteiger partial charge in [0.2, 0.25) is 0 Å². The summed E-state index contributed by atoms with van der Waals surface area (Å²) in [5, 5.41) is 9.68. The Morgan fingerprint density at radius 2 is 0.461 bits per heavy atom.